The third-order valence-electron chi connectivity index (χ3n) is 8.98. The van der Waals surface area contributed by atoms with Crippen molar-refractivity contribution in [3.05, 3.63) is 125 Å². The van der Waals surface area contributed by atoms with Crippen molar-refractivity contribution in [2.75, 3.05) is 28.1 Å². The van der Waals surface area contributed by atoms with Gasteiger partial charge in [0.2, 0.25) is 0 Å². The number of nitro groups is 1. The monoisotopic (exact) mass is 680 g/mol. The molecule has 250 valence electrons. The van der Waals surface area contributed by atoms with Crippen LogP contribution in [0.3, 0.4) is 0 Å². The Morgan fingerprint density at radius 2 is 1.46 bits per heavy atom. The van der Waals surface area contributed by atoms with Crippen molar-refractivity contribution in [3.63, 3.8) is 0 Å². The summed E-state index contributed by atoms with van der Waals surface area (Å²) in [5, 5.41) is 29.5. The second-order valence-corrected chi connectivity index (χ2v) is 13.0. The zero-order valence-corrected chi connectivity index (χ0v) is 29.0. The molecule has 0 saturated heterocycles. The number of nitro benzene ring substituents is 1. The molecule has 0 aliphatic heterocycles. The highest BCUT2D eigenvalue weighted by atomic mass is 32.1. The van der Waals surface area contributed by atoms with Crippen LogP contribution in [0.4, 0.5) is 44.8 Å². The van der Waals surface area contributed by atoms with E-state index in [2.05, 4.69) is 129 Å². The second-order valence-electron chi connectivity index (χ2n) is 12.3. The fourth-order valence-electron chi connectivity index (χ4n) is 6.07. The molecule has 11 heteroatoms. The molecule has 3 N–H and O–H groups in total. The quantitative estimate of drug-likeness (QED) is 0.0706. The maximum absolute atomic E-state index is 11.2. The van der Waals surface area contributed by atoms with Gasteiger partial charge in [-0.1, -0.05) is 55.5 Å². The lowest BCUT2D eigenvalue weighted by Crippen LogP contribution is -2.15. The molecule has 0 spiro atoms. The molecule has 0 amide bonds. The predicted octanol–water partition coefficient (Wildman–Crippen LogP) is 11.7. The van der Waals surface area contributed by atoms with Crippen LogP contribution in [-0.4, -0.2) is 22.4 Å². The molecule has 1 unspecified atom stereocenters. The summed E-state index contributed by atoms with van der Waals surface area (Å²) in [6.45, 7) is 6.37. The van der Waals surface area contributed by atoms with Gasteiger partial charge < -0.3 is 21.1 Å². The first-order chi connectivity index (χ1) is 24.3. The Hall–Kier alpha value is -6.07. The number of rotatable bonds is 11. The lowest BCUT2D eigenvalue weighted by molar-refractivity contribution is -0.384. The Labute approximate surface area is 293 Å². The van der Waals surface area contributed by atoms with Gasteiger partial charge >= 0.3 is 0 Å². The number of hydrogen-bond donors (Lipinski definition) is 3. The summed E-state index contributed by atoms with van der Waals surface area (Å²) >= 11 is 1.16. The van der Waals surface area contributed by atoms with Crippen molar-refractivity contribution >= 4 is 88.8 Å². The first-order valence-electron chi connectivity index (χ1n) is 16.4. The van der Waals surface area contributed by atoms with Gasteiger partial charge in [-0.2, -0.15) is 4.37 Å². The SMILES string of the molecule is CCC(C)Nc1ccc(N(C)c2ccc(NNc3ccc(/N=N/c4snc5ccc([N+](=O)[O-])cc45)c(C)c3)c3ccccc23)c2ccccc12. The summed E-state index contributed by atoms with van der Waals surface area (Å²) < 4.78 is 4.34. The minimum absolute atomic E-state index is 0.00346. The topological polar surface area (TPSA) is 120 Å². The lowest BCUT2D eigenvalue weighted by Gasteiger charge is -2.25. The zero-order chi connectivity index (χ0) is 34.8. The average Bonchev–Trinajstić information content (AvgIpc) is 3.55. The highest BCUT2D eigenvalue weighted by Gasteiger charge is 2.16. The molecule has 0 radical (unpaired) electrons. The van der Waals surface area contributed by atoms with Crippen molar-refractivity contribution in [2.45, 2.75) is 33.2 Å². The van der Waals surface area contributed by atoms with Crippen LogP contribution in [-0.2, 0) is 0 Å². The zero-order valence-electron chi connectivity index (χ0n) is 28.1. The molecule has 0 saturated carbocycles. The van der Waals surface area contributed by atoms with Gasteiger partial charge in [-0.3, -0.25) is 10.1 Å². The predicted molar refractivity (Wildman–Crippen MR) is 208 cm³/mol. The van der Waals surface area contributed by atoms with Gasteiger partial charge in [-0.05, 0) is 85.9 Å². The Kier molecular flexibility index (Phi) is 8.97. The second kappa shape index (κ2) is 13.8. The summed E-state index contributed by atoms with van der Waals surface area (Å²) in [6, 6.07) is 36.4. The smallest absolute Gasteiger partial charge is 0.270 e. The third kappa shape index (κ3) is 6.38. The number of hydrogen-bond acceptors (Lipinski definition) is 10. The molecule has 50 heavy (non-hydrogen) atoms. The number of aryl methyl sites for hydroxylation is 1. The molecule has 1 heterocycles. The normalized spacial score (nSPS) is 12.1. The summed E-state index contributed by atoms with van der Waals surface area (Å²) in [5.74, 6) is 0. The molecule has 0 fully saturated rings. The van der Waals surface area contributed by atoms with E-state index in [-0.39, 0.29) is 5.69 Å². The fourth-order valence-corrected chi connectivity index (χ4v) is 6.75. The highest BCUT2D eigenvalue weighted by Crippen LogP contribution is 2.40. The molecule has 1 aromatic heterocycles. The molecule has 0 bridgehead atoms. The Balaban J connectivity index is 1.11. The van der Waals surface area contributed by atoms with Gasteiger partial charge in [0.25, 0.3) is 5.69 Å². The Morgan fingerprint density at radius 3 is 2.12 bits per heavy atom. The molecule has 10 nitrogen and oxygen atoms in total. The van der Waals surface area contributed by atoms with Gasteiger partial charge in [0.1, 0.15) is 0 Å². The number of aromatic nitrogens is 1. The number of non-ortho nitro benzene ring substituents is 1. The standard InChI is InChI=1S/C39H36N8O2S/c1-5-25(3)40-34-18-20-37(30-12-8-6-10-28(30)34)46(4)38-21-19-35(29-11-7-9-13-31(29)38)43-41-26-14-16-33(24(2)22-26)42-44-39-32-23-27(47(48)49)15-17-36(32)45-50-39/h6-23,25,40-41,43H,5H2,1-4H3/b44-42+. The number of anilines is 5. The van der Waals surface area contributed by atoms with E-state index in [1.165, 1.54) is 22.9 Å². The van der Waals surface area contributed by atoms with Crippen LogP contribution < -0.4 is 21.1 Å². The number of hydrazine groups is 1. The van der Waals surface area contributed by atoms with Crippen molar-refractivity contribution < 1.29 is 4.92 Å². The van der Waals surface area contributed by atoms with Crippen LogP contribution in [0.5, 0.6) is 0 Å². The van der Waals surface area contributed by atoms with Crippen LogP contribution in [0.25, 0.3) is 32.4 Å². The van der Waals surface area contributed by atoms with E-state index in [4.69, 9.17) is 0 Å². The molecule has 7 aromatic rings. The molecular formula is C39H36N8O2S. The largest absolute Gasteiger partial charge is 0.382 e. The molecule has 6 aromatic carbocycles. The van der Waals surface area contributed by atoms with Crippen molar-refractivity contribution in [3.8, 4) is 0 Å². The molecular weight excluding hydrogens is 645 g/mol. The molecule has 0 aliphatic carbocycles. The van der Waals surface area contributed by atoms with Crippen molar-refractivity contribution in [1.82, 2.24) is 4.37 Å². The van der Waals surface area contributed by atoms with Gasteiger partial charge in [0, 0.05) is 69.2 Å². The number of benzene rings is 6. The summed E-state index contributed by atoms with van der Waals surface area (Å²) in [7, 11) is 2.12. The van der Waals surface area contributed by atoms with Crippen LogP contribution in [0, 0.1) is 17.0 Å². The van der Waals surface area contributed by atoms with Crippen LogP contribution in [0.1, 0.15) is 25.8 Å². The van der Waals surface area contributed by atoms with Crippen molar-refractivity contribution in [1.29, 1.82) is 0 Å². The molecule has 1 atom stereocenters. The lowest BCUT2D eigenvalue weighted by atomic mass is 10.0. The highest BCUT2D eigenvalue weighted by molar-refractivity contribution is 7.11. The van der Waals surface area contributed by atoms with Crippen LogP contribution >= 0.6 is 11.5 Å². The summed E-state index contributed by atoms with van der Waals surface area (Å²) in [4.78, 5) is 13.1. The first kappa shape index (κ1) is 32.5. The van der Waals surface area contributed by atoms with E-state index in [1.807, 2.05) is 25.1 Å². The van der Waals surface area contributed by atoms with Gasteiger partial charge in [-0.15, -0.1) is 10.2 Å². The molecule has 0 aliphatic rings. The van der Waals surface area contributed by atoms with E-state index in [0.29, 0.717) is 27.6 Å². The first-order valence-corrected chi connectivity index (χ1v) is 17.2. The average molecular weight is 681 g/mol. The van der Waals surface area contributed by atoms with E-state index >= 15 is 0 Å². The number of fused-ring (bicyclic) bond motifs is 3. The Bertz CT molecular complexity index is 2410. The minimum atomic E-state index is -0.425. The third-order valence-corrected chi connectivity index (χ3v) is 9.74. The van der Waals surface area contributed by atoms with Gasteiger partial charge in [-0.25, -0.2) is 0 Å². The van der Waals surface area contributed by atoms with E-state index in [0.717, 1.165) is 62.7 Å². The van der Waals surface area contributed by atoms with Crippen LogP contribution in [0.15, 0.2) is 119 Å². The Morgan fingerprint density at radius 1 is 0.800 bits per heavy atom. The van der Waals surface area contributed by atoms with Gasteiger partial charge in [0.15, 0.2) is 5.00 Å². The maximum Gasteiger partial charge on any atom is 0.270 e. The fraction of sp³-hybridized carbons (Fsp3) is 0.154. The number of azo groups is 1. The summed E-state index contributed by atoms with van der Waals surface area (Å²) in [5.41, 5.74) is 14.2. The maximum atomic E-state index is 11.2. The van der Waals surface area contributed by atoms with E-state index in [9.17, 15) is 10.1 Å². The minimum Gasteiger partial charge on any atom is -0.382 e. The van der Waals surface area contributed by atoms with Crippen LogP contribution in [0.2, 0.25) is 0 Å². The summed E-state index contributed by atoms with van der Waals surface area (Å²) in [6.07, 6.45) is 1.05. The van der Waals surface area contributed by atoms with E-state index < -0.39 is 4.92 Å². The van der Waals surface area contributed by atoms with Gasteiger partial charge in [0.05, 0.1) is 27.5 Å². The number of nitrogens with zero attached hydrogens (tertiary/aromatic N) is 5. The van der Waals surface area contributed by atoms with E-state index in [1.54, 1.807) is 6.07 Å². The van der Waals surface area contributed by atoms with Crippen molar-refractivity contribution in [2.24, 2.45) is 10.2 Å². The number of nitrogens with one attached hydrogen (secondary N) is 3. The molecule has 7 rings (SSSR count).